The van der Waals surface area contributed by atoms with Gasteiger partial charge in [-0.25, -0.2) is 4.79 Å². The van der Waals surface area contributed by atoms with Crippen LogP contribution in [0.15, 0.2) is 35.3 Å². The Morgan fingerprint density at radius 1 is 0.661 bits per heavy atom. The molecule has 0 saturated heterocycles. The molecule has 0 unspecified atom stereocenters. The lowest BCUT2D eigenvalue weighted by Crippen LogP contribution is -2.57. The van der Waals surface area contributed by atoms with Gasteiger partial charge in [0.05, 0.1) is 19.1 Å². The van der Waals surface area contributed by atoms with E-state index >= 15 is 0 Å². The van der Waals surface area contributed by atoms with Crippen molar-refractivity contribution in [2.45, 2.75) is 103 Å². The van der Waals surface area contributed by atoms with E-state index < -0.39 is 90.7 Å². The number of carboxylic acids is 2. The zero-order valence-corrected chi connectivity index (χ0v) is 32.3. The van der Waals surface area contributed by atoms with Crippen molar-refractivity contribution in [3.05, 3.63) is 35.9 Å². The summed E-state index contributed by atoms with van der Waals surface area (Å²) in [4.78, 5) is 104. The van der Waals surface area contributed by atoms with Crippen molar-refractivity contribution < 1.29 is 48.6 Å². The second kappa shape index (κ2) is 25.3. The van der Waals surface area contributed by atoms with Crippen LogP contribution >= 0.6 is 0 Å². The maximum atomic E-state index is 13.3. The highest BCUT2D eigenvalue weighted by molar-refractivity contribution is 5.95. The Morgan fingerprint density at radius 3 is 1.75 bits per heavy atom. The first-order valence-corrected chi connectivity index (χ1v) is 18.3. The molecule has 0 aliphatic carbocycles. The third kappa shape index (κ3) is 20.6. The normalized spacial score (nSPS) is 13.6. The van der Waals surface area contributed by atoms with E-state index in [4.69, 9.17) is 22.3 Å². The van der Waals surface area contributed by atoms with Crippen LogP contribution < -0.4 is 49.1 Å². The lowest BCUT2D eigenvalue weighted by atomic mass is 9.99. The van der Waals surface area contributed by atoms with Crippen LogP contribution in [0.3, 0.4) is 0 Å². The van der Waals surface area contributed by atoms with E-state index in [1.165, 1.54) is 0 Å². The number of nitrogens with two attached hydrogens (primary N) is 3. The second-order valence-corrected chi connectivity index (χ2v) is 14.1. The lowest BCUT2D eigenvalue weighted by molar-refractivity contribution is -0.142. The molecule has 14 N–H and O–H groups in total. The van der Waals surface area contributed by atoms with Crippen LogP contribution in [0, 0.1) is 11.8 Å². The van der Waals surface area contributed by atoms with E-state index in [2.05, 4.69) is 36.9 Å². The van der Waals surface area contributed by atoms with Gasteiger partial charge in [-0.2, -0.15) is 0 Å². The molecule has 0 aliphatic heterocycles. The van der Waals surface area contributed by atoms with Gasteiger partial charge < -0.3 is 59.3 Å². The Balaban J connectivity index is 2.88. The minimum atomic E-state index is -1.30. The van der Waals surface area contributed by atoms with Crippen molar-refractivity contribution in [2.24, 2.45) is 34.0 Å². The van der Waals surface area contributed by atoms with Gasteiger partial charge in [-0.15, -0.1) is 0 Å². The predicted molar refractivity (Wildman–Crippen MR) is 205 cm³/mol. The van der Waals surface area contributed by atoms with Gasteiger partial charge in [0.1, 0.15) is 24.2 Å². The Morgan fingerprint density at radius 2 is 1.20 bits per heavy atom. The number of carbonyl (C=O) groups is 8. The van der Waals surface area contributed by atoms with Gasteiger partial charge in [-0.1, -0.05) is 58.0 Å². The smallest absolute Gasteiger partial charge is 0.326 e. The van der Waals surface area contributed by atoms with Gasteiger partial charge in [0.15, 0.2) is 5.96 Å². The first-order chi connectivity index (χ1) is 26.3. The maximum absolute atomic E-state index is 13.3. The molecule has 56 heavy (non-hydrogen) atoms. The quantitative estimate of drug-likeness (QED) is 0.0271. The first-order valence-electron chi connectivity index (χ1n) is 18.3. The number of nitrogens with one attached hydrogen (secondary N) is 6. The summed E-state index contributed by atoms with van der Waals surface area (Å²) >= 11 is 0. The van der Waals surface area contributed by atoms with Crippen LogP contribution in [-0.4, -0.2) is 113 Å². The molecule has 1 aromatic rings. The maximum Gasteiger partial charge on any atom is 0.326 e. The summed E-state index contributed by atoms with van der Waals surface area (Å²) in [6, 6.07) is 2.76. The second-order valence-electron chi connectivity index (χ2n) is 14.1. The Bertz CT molecular complexity index is 1520. The highest BCUT2D eigenvalue weighted by Gasteiger charge is 2.30. The molecule has 0 aromatic heterocycles. The third-order valence-electron chi connectivity index (χ3n) is 8.05. The van der Waals surface area contributed by atoms with Gasteiger partial charge in [-0.3, -0.25) is 38.6 Å². The molecule has 20 nitrogen and oxygen atoms in total. The fraction of sp³-hybridized carbons (Fsp3) is 0.583. The summed E-state index contributed by atoms with van der Waals surface area (Å²) in [5.74, 6) is -7.17. The van der Waals surface area contributed by atoms with Crippen LogP contribution in [0.2, 0.25) is 0 Å². The van der Waals surface area contributed by atoms with E-state index in [0.29, 0.717) is 5.56 Å². The topological polar surface area (TPSA) is 340 Å². The number of aliphatic imine (C=N–C) groups is 1. The average molecular weight is 791 g/mol. The monoisotopic (exact) mass is 790 g/mol. The SMILES string of the molecule is CC(C)C[C@H](NC(=O)[C@H](CC(C)C)NC(=O)[C@@H](N)CCC(=O)O)C(=O)NCC(=O)NCC(=O)N[C@@H](CCCN=C(N)N)C(=O)N[C@@H](Cc1ccccc1)C(=O)O. The summed E-state index contributed by atoms with van der Waals surface area (Å²) in [6.07, 6.45) is 0.133. The number of guanidine groups is 1. The molecule has 0 aliphatic rings. The van der Waals surface area contributed by atoms with Crippen LogP contribution in [-0.2, 0) is 44.8 Å². The molecule has 0 radical (unpaired) electrons. The molecule has 6 amide bonds. The van der Waals surface area contributed by atoms with Gasteiger partial charge in [-0.05, 0) is 49.5 Å². The van der Waals surface area contributed by atoms with Crippen molar-refractivity contribution in [1.29, 1.82) is 0 Å². The number of amides is 6. The first kappa shape index (κ1) is 48.2. The molecule has 20 heteroatoms. The molecule has 0 spiro atoms. The Kier molecular flexibility index (Phi) is 21.8. The van der Waals surface area contributed by atoms with Crippen molar-refractivity contribution in [1.82, 2.24) is 31.9 Å². The molecule has 0 heterocycles. The fourth-order valence-corrected chi connectivity index (χ4v) is 5.24. The average Bonchev–Trinajstić information content (AvgIpc) is 3.11. The number of carbonyl (C=O) groups excluding carboxylic acids is 6. The third-order valence-corrected chi connectivity index (χ3v) is 8.05. The standard InChI is InChI=1S/C36H58N10O10/c1-20(2)15-25(45-34(54)26(16-21(3)4)44-31(51)23(37)12-13-30(49)50)32(52)42-18-28(47)41-19-29(48)43-24(11-8-14-40-36(38)39)33(53)46-27(35(55)56)17-22-9-6-5-7-10-22/h5-7,9-10,20-21,23-27H,8,11-19,37H2,1-4H3,(H,41,47)(H,42,52)(H,43,48)(H,44,51)(H,45,54)(H,46,53)(H,49,50)(H,55,56)(H4,38,39,40)/t23-,24-,25-,26-,27-/m0/s1. The molecule has 5 atom stereocenters. The van der Waals surface area contributed by atoms with Crippen molar-refractivity contribution >= 4 is 53.3 Å². The molecule has 0 fully saturated rings. The Hall–Kier alpha value is -5.79. The molecule has 0 bridgehead atoms. The molecular weight excluding hydrogens is 732 g/mol. The number of benzene rings is 1. The number of aliphatic carboxylic acids is 2. The molecule has 312 valence electrons. The van der Waals surface area contributed by atoms with E-state index in [1.807, 2.05) is 27.7 Å². The van der Waals surface area contributed by atoms with Crippen LogP contribution in [0.5, 0.6) is 0 Å². The zero-order valence-electron chi connectivity index (χ0n) is 32.3. The highest BCUT2D eigenvalue weighted by Crippen LogP contribution is 2.10. The minimum absolute atomic E-state index is 0.0138. The summed E-state index contributed by atoms with van der Waals surface area (Å²) in [6.45, 7) is 6.20. The Labute approximate surface area is 325 Å². The number of hydrogen-bond acceptors (Lipinski definition) is 10. The molecule has 0 saturated carbocycles. The van der Waals surface area contributed by atoms with E-state index in [0.717, 1.165) is 0 Å². The number of carboxylic acid groups (broad SMARTS) is 2. The van der Waals surface area contributed by atoms with Crippen molar-refractivity contribution in [3.8, 4) is 0 Å². The number of nitrogens with zero attached hydrogens (tertiary/aromatic N) is 1. The minimum Gasteiger partial charge on any atom is -0.481 e. The predicted octanol–water partition coefficient (Wildman–Crippen LogP) is -2.18. The van der Waals surface area contributed by atoms with Crippen LogP contribution in [0.1, 0.15) is 71.8 Å². The summed E-state index contributed by atoms with van der Waals surface area (Å²) in [7, 11) is 0. The van der Waals surface area contributed by atoms with E-state index in [-0.39, 0.29) is 69.3 Å². The number of rotatable bonds is 26. The van der Waals surface area contributed by atoms with Gasteiger partial charge in [0.2, 0.25) is 35.4 Å². The van der Waals surface area contributed by atoms with Gasteiger partial charge in [0.25, 0.3) is 0 Å². The van der Waals surface area contributed by atoms with Crippen LogP contribution in [0.4, 0.5) is 0 Å². The molecule has 1 aromatic carbocycles. The van der Waals surface area contributed by atoms with Crippen molar-refractivity contribution in [2.75, 3.05) is 19.6 Å². The van der Waals surface area contributed by atoms with Crippen molar-refractivity contribution in [3.63, 3.8) is 0 Å². The fourth-order valence-electron chi connectivity index (χ4n) is 5.24. The summed E-state index contributed by atoms with van der Waals surface area (Å²) in [5.41, 5.74) is 17.2. The highest BCUT2D eigenvalue weighted by atomic mass is 16.4. The van der Waals surface area contributed by atoms with E-state index in [1.54, 1.807) is 30.3 Å². The summed E-state index contributed by atoms with van der Waals surface area (Å²) in [5, 5.41) is 33.5. The lowest BCUT2D eigenvalue weighted by Gasteiger charge is -2.26. The largest absolute Gasteiger partial charge is 0.481 e. The number of hydrogen-bond donors (Lipinski definition) is 11. The molecular formula is C36H58N10O10. The molecule has 1 rings (SSSR count). The van der Waals surface area contributed by atoms with Gasteiger partial charge >= 0.3 is 11.9 Å². The zero-order chi connectivity index (χ0) is 42.4. The van der Waals surface area contributed by atoms with E-state index in [9.17, 15) is 43.5 Å². The van der Waals surface area contributed by atoms with Gasteiger partial charge in [0, 0.05) is 19.4 Å². The summed E-state index contributed by atoms with van der Waals surface area (Å²) < 4.78 is 0. The van der Waals surface area contributed by atoms with Crippen LogP contribution in [0.25, 0.3) is 0 Å².